The van der Waals surface area contributed by atoms with Crippen LogP contribution in [0.15, 0.2) is 36.3 Å². The fourth-order valence-electron chi connectivity index (χ4n) is 4.50. The zero-order valence-electron chi connectivity index (χ0n) is 16.3. The second-order valence-corrected chi connectivity index (χ2v) is 7.92. The summed E-state index contributed by atoms with van der Waals surface area (Å²) in [5.41, 5.74) is 12.7. The Morgan fingerprint density at radius 3 is 2.63 bits per heavy atom. The maximum absolute atomic E-state index is 6.37. The molecule has 1 atom stereocenters. The number of nitrogens with one attached hydrogen (secondary N) is 1. The SMILES string of the molecule is C/C(N)=C1\c2ccc(-c3cnn(C)c3)cc2C(NC2CCCC2)CCN1N. The van der Waals surface area contributed by atoms with Gasteiger partial charge in [-0.05, 0) is 43.4 Å². The number of benzene rings is 1. The molecule has 2 aliphatic rings. The van der Waals surface area contributed by atoms with Gasteiger partial charge in [0.2, 0.25) is 0 Å². The van der Waals surface area contributed by atoms with Crippen LogP contribution >= 0.6 is 0 Å². The molecule has 2 heterocycles. The van der Waals surface area contributed by atoms with Crippen molar-refractivity contribution in [3.8, 4) is 11.1 Å². The standard InChI is InChI=1S/C21H30N6/c1-14(22)21-18-8-7-15(16-12-24-26(2)13-16)11-19(18)20(9-10-27(21)23)25-17-5-3-4-6-17/h7-8,11-13,17,20,25H,3-6,9-10,22-23H2,1-2H3/b21-14-. The molecule has 0 saturated heterocycles. The summed E-state index contributed by atoms with van der Waals surface area (Å²) in [6.07, 6.45) is 10.1. The Morgan fingerprint density at radius 1 is 1.19 bits per heavy atom. The molecule has 1 fully saturated rings. The molecule has 6 heteroatoms. The summed E-state index contributed by atoms with van der Waals surface area (Å²) in [6.45, 7) is 2.71. The van der Waals surface area contributed by atoms with Crippen LogP contribution in [0.3, 0.4) is 0 Å². The zero-order chi connectivity index (χ0) is 19.0. The van der Waals surface area contributed by atoms with Gasteiger partial charge in [0.25, 0.3) is 0 Å². The van der Waals surface area contributed by atoms with Crippen LogP contribution in [0.2, 0.25) is 0 Å². The fraction of sp³-hybridized carbons (Fsp3) is 0.476. The number of aryl methyl sites for hydroxylation is 1. The summed E-state index contributed by atoms with van der Waals surface area (Å²) in [6, 6.07) is 7.48. The van der Waals surface area contributed by atoms with Crippen LogP contribution in [0.1, 0.15) is 56.2 Å². The van der Waals surface area contributed by atoms with E-state index in [1.165, 1.54) is 36.8 Å². The van der Waals surface area contributed by atoms with E-state index >= 15 is 0 Å². The summed E-state index contributed by atoms with van der Waals surface area (Å²) in [5.74, 6) is 6.37. The van der Waals surface area contributed by atoms with E-state index in [2.05, 4.69) is 34.8 Å². The van der Waals surface area contributed by atoms with Gasteiger partial charge in [0.1, 0.15) is 0 Å². The van der Waals surface area contributed by atoms with Gasteiger partial charge in [0, 0.05) is 48.7 Å². The molecule has 27 heavy (non-hydrogen) atoms. The van der Waals surface area contributed by atoms with Crippen LogP contribution in [0.4, 0.5) is 0 Å². The Balaban J connectivity index is 1.79. The molecule has 1 aliphatic heterocycles. The lowest BCUT2D eigenvalue weighted by Gasteiger charge is -2.24. The van der Waals surface area contributed by atoms with Crippen molar-refractivity contribution in [1.82, 2.24) is 20.1 Å². The lowest BCUT2D eigenvalue weighted by molar-refractivity contribution is 0.357. The largest absolute Gasteiger partial charge is 0.401 e. The van der Waals surface area contributed by atoms with E-state index in [4.69, 9.17) is 11.6 Å². The van der Waals surface area contributed by atoms with Gasteiger partial charge in [-0.2, -0.15) is 5.10 Å². The lowest BCUT2D eigenvalue weighted by Crippen LogP contribution is -2.33. The molecular weight excluding hydrogens is 336 g/mol. The molecule has 2 aromatic rings. The van der Waals surface area contributed by atoms with Crippen molar-refractivity contribution in [2.75, 3.05) is 6.54 Å². The molecular formula is C21H30N6. The molecule has 0 bridgehead atoms. The normalized spacial score (nSPS) is 22.6. The van der Waals surface area contributed by atoms with Crippen molar-refractivity contribution in [3.63, 3.8) is 0 Å². The quantitative estimate of drug-likeness (QED) is 0.727. The smallest absolute Gasteiger partial charge is 0.0777 e. The Kier molecular flexibility index (Phi) is 4.93. The van der Waals surface area contributed by atoms with Gasteiger partial charge in [-0.3, -0.25) is 4.68 Å². The zero-order valence-corrected chi connectivity index (χ0v) is 16.3. The van der Waals surface area contributed by atoms with Gasteiger partial charge in [-0.15, -0.1) is 0 Å². The first-order valence-electron chi connectivity index (χ1n) is 9.91. The lowest BCUT2D eigenvalue weighted by atomic mass is 9.93. The van der Waals surface area contributed by atoms with Crippen molar-refractivity contribution in [3.05, 3.63) is 47.4 Å². The predicted octanol–water partition coefficient (Wildman–Crippen LogP) is 2.89. The highest BCUT2D eigenvalue weighted by Gasteiger charge is 2.28. The highest BCUT2D eigenvalue weighted by Crippen LogP contribution is 2.36. The van der Waals surface area contributed by atoms with Gasteiger partial charge in [-0.1, -0.05) is 25.0 Å². The van der Waals surface area contributed by atoms with Gasteiger partial charge in [-0.25, -0.2) is 5.84 Å². The third kappa shape index (κ3) is 3.59. The fourth-order valence-corrected chi connectivity index (χ4v) is 4.50. The number of hydrogen-bond donors (Lipinski definition) is 3. The van der Waals surface area contributed by atoms with Crippen molar-refractivity contribution < 1.29 is 0 Å². The number of nitrogens with two attached hydrogens (primary N) is 2. The van der Waals surface area contributed by atoms with E-state index in [1.54, 1.807) is 0 Å². The van der Waals surface area contributed by atoms with Crippen LogP contribution < -0.4 is 16.9 Å². The first-order valence-corrected chi connectivity index (χ1v) is 9.91. The summed E-state index contributed by atoms with van der Waals surface area (Å²) in [4.78, 5) is 0. The van der Waals surface area contributed by atoms with Crippen molar-refractivity contribution in [2.24, 2.45) is 18.6 Å². The average Bonchev–Trinajstić information content (AvgIpc) is 3.27. The molecule has 0 amide bonds. The van der Waals surface area contributed by atoms with Crippen LogP contribution in [0.25, 0.3) is 16.8 Å². The van der Waals surface area contributed by atoms with Crippen molar-refractivity contribution in [2.45, 2.75) is 51.1 Å². The predicted molar refractivity (Wildman–Crippen MR) is 109 cm³/mol. The number of fused-ring (bicyclic) bond motifs is 1. The van der Waals surface area contributed by atoms with E-state index < -0.39 is 0 Å². The van der Waals surface area contributed by atoms with E-state index in [-0.39, 0.29) is 6.04 Å². The van der Waals surface area contributed by atoms with Gasteiger partial charge in [0.15, 0.2) is 0 Å². The van der Waals surface area contributed by atoms with Crippen LogP contribution in [-0.2, 0) is 7.05 Å². The number of hydrazine groups is 1. The molecule has 1 saturated carbocycles. The minimum absolute atomic E-state index is 0.280. The third-order valence-electron chi connectivity index (χ3n) is 5.83. The number of aromatic nitrogens is 2. The molecule has 0 radical (unpaired) electrons. The van der Waals surface area contributed by atoms with E-state index in [1.807, 2.05) is 29.9 Å². The third-order valence-corrected chi connectivity index (χ3v) is 5.83. The van der Waals surface area contributed by atoms with Crippen LogP contribution in [-0.4, -0.2) is 27.4 Å². The number of rotatable bonds is 3. The van der Waals surface area contributed by atoms with Gasteiger partial charge < -0.3 is 16.1 Å². The number of hydrogen-bond acceptors (Lipinski definition) is 5. The van der Waals surface area contributed by atoms with E-state index in [0.29, 0.717) is 6.04 Å². The molecule has 5 N–H and O–H groups in total. The van der Waals surface area contributed by atoms with E-state index in [0.717, 1.165) is 35.5 Å². The highest BCUT2D eigenvalue weighted by molar-refractivity contribution is 5.74. The van der Waals surface area contributed by atoms with Crippen molar-refractivity contribution >= 4 is 5.70 Å². The molecule has 1 aliphatic carbocycles. The van der Waals surface area contributed by atoms with Gasteiger partial charge in [0.05, 0.1) is 11.9 Å². The summed E-state index contributed by atoms with van der Waals surface area (Å²) in [5, 5.41) is 10.0. The highest BCUT2D eigenvalue weighted by atomic mass is 15.4. The Morgan fingerprint density at radius 2 is 1.96 bits per heavy atom. The Hall–Kier alpha value is -2.31. The van der Waals surface area contributed by atoms with E-state index in [9.17, 15) is 0 Å². The van der Waals surface area contributed by atoms with Crippen molar-refractivity contribution in [1.29, 1.82) is 0 Å². The molecule has 1 unspecified atom stereocenters. The minimum Gasteiger partial charge on any atom is -0.401 e. The summed E-state index contributed by atoms with van der Waals surface area (Å²) >= 11 is 0. The maximum Gasteiger partial charge on any atom is 0.0777 e. The average molecular weight is 367 g/mol. The Labute approximate surface area is 161 Å². The molecule has 1 aromatic heterocycles. The first kappa shape index (κ1) is 18.1. The summed E-state index contributed by atoms with van der Waals surface area (Å²) < 4.78 is 1.84. The number of allylic oxidation sites excluding steroid dienone is 1. The van der Waals surface area contributed by atoms with Crippen LogP contribution in [0, 0.1) is 0 Å². The summed E-state index contributed by atoms with van der Waals surface area (Å²) in [7, 11) is 1.95. The second-order valence-electron chi connectivity index (χ2n) is 7.92. The second kappa shape index (κ2) is 7.37. The molecule has 144 valence electrons. The Bertz CT molecular complexity index is 842. The van der Waals surface area contributed by atoms with Crippen LogP contribution in [0.5, 0.6) is 0 Å². The molecule has 4 rings (SSSR count). The molecule has 0 spiro atoms. The maximum atomic E-state index is 6.37. The monoisotopic (exact) mass is 366 g/mol. The topological polar surface area (TPSA) is 85.1 Å². The molecule has 1 aromatic carbocycles. The van der Waals surface area contributed by atoms with Gasteiger partial charge >= 0.3 is 0 Å². The first-order chi connectivity index (χ1) is 13.0. The number of nitrogens with zero attached hydrogens (tertiary/aromatic N) is 3. The molecule has 6 nitrogen and oxygen atoms in total. The minimum atomic E-state index is 0.280.